The molecule has 18 heavy (non-hydrogen) atoms. The van der Waals surface area contributed by atoms with Crippen LogP contribution in [0, 0.1) is 4.77 Å². The average Bonchev–Trinajstić information content (AvgIpc) is 2.91. The largest absolute Gasteiger partial charge is 0.494 e. The Labute approximate surface area is 111 Å². The van der Waals surface area contributed by atoms with Gasteiger partial charge in [-0.1, -0.05) is 6.07 Å². The number of ether oxygens (including phenoxy) is 1. The zero-order chi connectivity index (χ0) is 12.7. The van der Waals surface area contributed by atoms with Crippen molar-refractivity contribution in [2.24, 2.45) is 0 Å². The Morgan fingerprint density at radius 3 is 2.94 bits per heavy atom. The number of imidazole rings is 1. The maximum Gasteiger partial charge on any atom is 0.178 e. The number of rotatable bonds is 2. The van der Waals surface area contributed by atoms with Crippen LogP contribution >= 0.6 is 12.2 Å². The molecule has 5 heteroatoms. The van der Waals surface area contributed by atoms with E-state index in [-0.39, 0.29) is 0 Å². The third-order valence-electron chi connectivity index (χ3n) is 3.67. The number of aromatic nitrogens is 2. The molecule has 0 radical (unpaired) electrons. The lowest BCUT2D eigenvalue weighted by atomic mass is 10.2. The van der Waals surface area contributed by atoms with E-state index in [1.54, 1.807) is 7.11 Å². The molecule has 0 aliphatic carbocycles. The van der Waals surface area contributed by atoms with Gasteiger partial charge in [0.1, 0.15) is 11.3 Å². The first-order valence-electron chi connectivity index (χ1n) is 6.16. The molecule has 1 aromatic heterocycles. The van der Waals surface area contributed by atoms with Gasteiger partial charge in [-0.3, -0.25) is 0 Å². The molecule has 96 valence electrons. The van der Waals surface area contributed by atoms with Crippen LogP contribution in [0.2, 0.25) is 0 Å². The number of aromatic amines is 1. The fourth-order valence-corrected chi connectivity index (χ4v) is 3.13. The van der Waals surface area contributed by atoms with Gasteiger partial charge < -0.3 is 19.2 Å². The lowest BCUT2D eigenvalue weighted by Gasteiger charge is -2.13. The minimum absolute atomic E-state index is 0.461. The summed E-state index contributed by atoms with van der Waals surface area (Å²) in [4.78, 5) is 5.61. The smallest absolute Gasteiger partial charge is 0.178 e. The third kappa shape index (κ3) is 1.74. The van der Waals surface area contributed by atoms with E-state index in [2.05, 4.69) is 27.6 Å². The standard InChI is InChI=1S/C13H17N3OS/c1-15-7-6-9(8-15)16-10-4-3-5-11(17-2)12(10)14-13(16)18/h3-5,9H,6-8H2,1-2H3,(H,14,18). The predicted molar refractivity (Wildman–Crippen MR) is 74.8 cm³/mol. The van der Waals surface area contributed by atoms with Crippen molar-refractivity contribution in [2.75, 3.05) is 27.2 Å². The maximum absolute atomic E-state index is 5.47. The summed E-state index contributed by atoms with van der Waals surface area (Å²) in [5.74, 6) is 0.851. The molecule has 1 unspecified atom stereocenters. The topological polar surface area (TPSA) is 33.2 Å². The number of benzene rings is 1. The number of likely N-dealkylation sites (N-methyl/N-ethyl adjacent to an activating group) is 1. The van der Waals surface area contributed by atoms with E-state index in [1.165, 1.54) is 0 Å². The maximum atomic E-state index is 5.47. The molecular formula is C13H17N3OS. The van der Waals surface area contributed by atoms with Crippen molar-refractivity contribution in [2.45, 2.75) is 12.5 Å². The number of H-pyrrole nitrogens is 1. The highest BCUT2D eigenvalue weighted by atomic mass is 32.1. The summed E-state index contributed by atoms with van der Waals surface area (Å²) in [6, 6.07) is 6.53. The number of nitrogens with one attached hydrogen (secondary N) is 1. The minimum atomic E-state index is 0.461. The summed E-state index contributed by atoms with van der Waals surface area (Å²) >= 11 is 5.47. The SMILES string of the molecule is COc1cccc2c1[nH]c(=S)n2C1CCN(C)C1. The van der Waals surface area contributed by atoms with Crippen molar-refractivity contribution in [1.82, 2.24) is 14.5 Å². The highest BCUT2D eigenvalue weighted by Gasteiger charge is 2.23. The second-order valence-electron chi connectivity index (χ2n) is 4.86. The molecule has 3 rings (SSSR count). The van der Waals surface area contributed by atoms with Gasteiger partial charge in [-0.25, -0.2) is 0 Å². The van der Waals surface area contributed by atoms with Crippen LogP contribution < -0.4 is 4.74 Å². The zero-order valence-electron chi connectivity index (χ0n) is 10.6. The van der Waals surface area contributed by atoms with Gasteiger partial charge in [0.15, 0.2) is 4.77 Å². The first-order valence-corrected chi connectivity index (χ1v) is 6.57. The molecule has 0 saturated carbocycles. The molecule has 2 heterocycles. The minimum Gasteiger partial charge on any atom is -0.494 e. The summed E-state index contributed by atoms with van der Waals surface area (Å²) in [6.07, 6.45) is 1.15. The van der Waals surface area contributed by atoms with E-state index in [0.29, 0.717) is 6.04 Å². The van der Waals surface area contributed by atoms with E-state index < -0.39 is 0 Å². The summed E-state index contributed by atoms with van der Waals surface area (Å²) in [5, 5.41) is 0. The molecule has 1 atom stereocenters. The molecule has 2 aromatic rings. The Kier molecular flexibility index (Phi) is 2.87. The first kappa shape index (κ1) is 11.7. The van der Waals surface area contributed by atoms with Gasteiger partial charge in [-0.2, -0.15) is 0 Å². The van der Waals surface area contributed by atoms with E-state index in [9.17, 15) is 0 Å². The van der Waals surface area contributed by atoms with Crippen molar-refractivity contribution in [1.29, 1.82) is 0 Å². The van der Waals surface area contributed by atoms with Gasteiger partial charge in [0.25, 0.3) is 0 Å². The molecule has 1 aromatic carbocycles. The number of hydrogen-bond acceptors (Lipinski definition) is 3. The fourth-order valence-electron chi connectivity index (χ4n) is 2.78. The van der Waals surface area contributed by atoms with Crippen molar-refractivity contribution in [3.05, 3.63) is 23.0 Å². The van der Waals surface area contributed by atoms with Crippen LogP contribution in [0.15, 0.2) is 18.2 Å². The molecule has 1 fully saturated rings. The van der Waals surface area contributed by atoms with E-state index in [1.807, 2.05) is 12.1 Å². The molecule has 1 saturated heterocycles. The molecule has 1 aliphatic heterocycles. The average molecular weight is 263 g/mol. The summed E-state index contributed by atoms with van der Waals surface area (Å²) in [5.41, 5.74) is 2.14. The number of nitrogens with zero attached hydrogens (tertiary/aromatic N) is 2. The second kappa shape index (κ2) is 4.40. The van der Waals surface area contributed by atoms with Crippen LogP contribution in [-0.2, 0) is 0 Å². The van der Waals surface area contributed by atoms with E-state index in [0.717, 1.165) is 41.1 Å². The molecule has 0 bridgehead atoms. The molecule has 4 nitrogen and oxygen atoms in total. The Balaban J connectivity index is 2.17. The third-order valence-corrected chi connectivity index (χ3v) is 3.96. The zero-order valence-corrected chi connectivity index (χ0v) is 11.5. The van der Waals surface area contributed by atoms with Gasteiger partial charge in [-0.05, 0) is 44.4 Å². The number of methoxy groups -OCH3 is 1. The van der Waals surface area contributed by atoms with Gasteiger partial charge >= 0.3 is 0 Å². The van der Waals surface area contributed by atoms with Crippen molar-refractivity contribution >= 4 is 23.3 Å². The van der Waals surface area contributed by atoms with Gasteiger partial charge in [0, 0.05) is 6.54 Å². The molecule has 0 amide bonds. The lowest BCUT2D eigenvalue weighted by Crippen LogP contribution is -2.16. The van der Waals surface area contributed by atoms with Crippen LogP contribution in [0.1, 0.15) is 12.5 Å². The van der Waals surface area contributed by atoms with Crippen molar-refractivity contribution in [3.63, 3.8) is 0 Å². The number of hydrogen-bond donors (Lipinski definition) is 1. The normalized spacial score (nSPS) is 20.7. The van der Waals surface area contributed by atoms with Crippen molar-refractivity contribution in [3.8, 4) is 5.75 Å². The number of fused-ring (bicyclic) bond motifs is 1. The van der Waals surface area contributed by atoms with Crippen molar-refractivity contribution < 1.29 is 4.74 Å². The second-order valence-corrected chi connectivity index (χ2v) is 5.25. The van der Waals surface area contributed by atoms with Crippen LogP contribution in [0.25, 0.3) is 11.0 Å². The predicted octanol–water partition coefficient (Wildman–Crippen LogP) is 2.58. The van der Waals surface area contributed by atoms with Gasteiger partial charge in [-0.15, -0.1) is 0 Å². The van der Waals surface area contributed by atoms with Gasteiger partial charge in [0.05, 0.1) is 18.7 Å². The number of para-hydroxylation sites is 1. The Morgan fingerprint density at radius 1 is 1.44 bits per heavy atom. The molecule has 0 spiro atoms. The monoisotopic (exact) mass is 263 g/mol. The first-order chi connectivity index (χ1) is 8.70. The van der Waals surface area contributed by atoms with Crippen LogP contribution in [0.3, 0.4) is 0 Å². The van der Waals surface area contributed by atoms with Crippen LogP contribution in [0.5, 0.6) is 5.75 Å². The Hall–Kier alpha value is -1.33. The fraction of sp³-hybridized carbons (Fsp3) is 0.462. The van der Waals surface area contributed by atoms with Crippen LogP contribution in [0.4, 0.5) is 0 Å². The Morgan fingerprint density at radius 2 is 2.28 bits per heavy atom. The van der Waals surface area contributed by atoms with E-state index >= 15 is 0 Å². The highest BCUT2D eigenvalue weighted by molar-refractivity contribution is 7.71. The summed E-state index contributed by atoms with van der Waals surface area (Å²) in [6.45, 7) is 2.18. The summed E-state index contributed by atoms with van der Waals surface area (Å²) in [7, 11) is 3.84. The molecule has 1 aliphatic rings. The van der Waals surface area contributed by atoms with Crippen LogP contribution in [-0.4, -0.2) is 41.7 Å². The van der Waals surface area contributed by atoms with E-state index in [4.69, 9.17) is 17.0 Å². The lowest BCUT2D eigenvalue weighted by molar-refractivity contribution is 0.394. The summed E-state index contributed by atoms with van der Waals surface area (Å²) < 4.78 is 8.40. The molecule has 1 N–H and O–H groups in total. The number of likely N-dealkylation sites (tertiary alicyclic amines) is 1. The van der Waals surface area contributed by atoms with Gasteiger partial charge in [0.2, 0.25) is 0 Å². The molecular weight excluding hydrogens is 246 g/mol. The Bertz CT molecular complexity index is 631. The highest BCUT2D eigenvalue weighted by Crippen LogP contribution is 2.30. The quantitative estimate of drug-likeness (QED) is 0.845.